The third-order valence-electron chi connectivity index (χ3n) is 3.53. The van der Waals surface area contributed by atoms with Crippen LogP contribution in [0.5, 0.6) is 11.5 Å². The maximum Gasteiger partial charge on any atom is 0.197 e. The molecule has 18 heavy (non-hydrogen) atoms. The van der Waals surface area contributed by atoms with Crippen molar-refractivity contribution in [1.82, 2.24) is 0 Å². The molecule has 0 saturated heterocycles. The van der Waals surface area contributed by atoms with E-state index in [4.69, 9.17) is 0 Å². The highest BCUT2D eigenvalue weighted by molar-refractivity contribution is 6.14. The number of rotatable bonds is 0. The zero-order valence-corrected chi connectivity index (χ0v) is 9.84. The van der Waals surface area contributed by atoms with Gasteiger partial charge >= 0.3 is 0 Å². The molecule has 1 aliphatic carbocycles. The van der Waals surface area contributed by atoms with Crippen LogP contribution in [0.15, 0.2) is 36.4 Å². The molecule has 0 aromatic heterocycles. The van der Waals surface area contributed by atoms with E-state index < -0.39 is 0 Å². The van der Waals surface area contributed by atoms with Gasteiger partial charge in [0, 0.05) is 17.0 Å². The average molecular weight is 240 g/mol. The molecule has 1 atom stereocenters. The first-order valence-corrected chi connectivity index (χ1v) is 5.79. The first-order valence-electron chi connectivity index (χ1n) is 5.79. The molecule has 0 fully saturated rings. The van der Waals surface area contributed by atoms with Crippen molar-refractivity contribution in [3.8, 4) is 11.5 Å². The lowest BCUT2D eigenvalue weighted by Gasteiger charge is -2.25. The third-order valence-corrected chi connectivity index (χ3v) is 3.53. The van der Waals surface area contributed by atoms with Crippen molar-refractivity contribution in [3.05, 3.63) is 58.7 Å². The van der Waals surface area contributed by atoms with Crippen LogP contribution in [0.1, 0.15) is 39.9 Å². The zero-order chi connectivity index (χ0) is 12.9. The summed E-state index contributed by atoms with van der Waals surface area (Å²) in [5.74, 6) is -0.361. The molecule has 0 aliphatic heterocycles. The van der Waals surface area contributed by atoms with E-state index in [1.54, 1.807) is 12.1 Å². The average Bonchev–Trinajstić information content (AvgIpc) is 2.38. The minimum Gasteiger partial charge on any atom is -0.508 e. The molecule has 0 amide bonds. The van der Waals surface area contributed by atoms with Crippen molar-refractivity contribution in [2.75, 3.05) is 0 Å². The lowest BCUT2D eigenvalue weighted by Crippen LogP contribution is -2.18. The molecule has 0 bridgehead atoms. The summed E-state index contributed by atoms with van der Waals surface area (Å²) in [5, 5.41) is 19.8. The van der Waals surface area contributed by atoms with Crippen LogP contribution < -0.4 is 0 Å². The zero-order valence-electron chi connectivity index (χ0n) is 9.84. The monoisotopic (exact) mass is 240 g/mol. The summed E-state index contributed by atoms with van der Waals surface area (Å²) in [6, 6.07) is 10.1. The van der Waals surface area contributed by atoms with Crippen molar-refractivity contribution in [3.63, 3.8) is 0 Å². The summed E-state index contributed by atoms with van der Waals surface area (Å²) in [7, 11) is 0. The molecule has 1 aliphatic rings. The maximum atomic E-state index is 12.4. The number of hydrogen-bond donors (Lipinski definition) is 2. The standard InChI is InChI=1S/C15H12O3/c1-8-9-4-2-3-5-10(9)15(18)14-12(17)7-6-11(16)13(8)14/h2-8,16-17H,1H3/t8-/m1/s1. The topological polar surface area (TPSA) is 57.5 Å². The van der Waals surface area contributed by atoms with Gasteiger partial charge in [-0.25, -0.2) is 0 Å². The molecule has 0 spiro atoms. The number of carbonyl (C=O) groups is 1. The number of benzene rings is 2. The van der Waals surface area contributed by atoms with Gasteiger partial charge in [-0.15, -0.1) is 0 Å². The van der Waals surface area contributed by atoms with Crippen LogP contribution in [0.25, 0.3) is 0 Å². The molecule has 3 heteroatoms. The van der Waals surface area contributed by atoms with Crippen LogP contribution in [0, 0.1) is 0 Å². The van der Waals surface area contributed by atoms with Crippen molar-refractivity contribution in [1.29, 1.82) is 0 Å². The Bertz CT molecular complexity index is 659. The highest BCUT2D eigenvalue weighted by atomic mass is 16.3. The predicted octanol–water partition coefficient (Wildman–Crippen LogP) is 2.79. The fraction of sp³-hybridized carbons (Fsp3) is 0.133. The Labute approximate surface area is 104 Å². The minimum atomic E-state index is -0.230. The number of phenolic OH excluding ortho intramolecular Hbond substituents is 2. The third kappa shape index (κ3) is 1.27. The number of phenols is 2. The summed E-state index contributed by atoms with van der Waals surface area (Å²) in [5.41, 5.74) is 2.22. The molecule has 2 aromatic carbocycles. The SMILES string of the molecule is C[C@@H]1c2ccccc2C(=O)c2c(O)ccc(O)c21. The van der Waals surface area contributed by atoms with Crippen LogP contribution >= 0.6 is 0 Å². The van der Waals surface area contributed by atoms with Crippen LogP contribution in [0.3, 0.4) is 0 Å². The van der Waals surface area contributed by atoms with E-state index >= 15 is 0 Å². The summed E-state index contributed by atoms with van der Waals surface area (Å²) in [6.45, 7) is 1.92. The molecular formula is C15H12O3. The molecular weight excluding hydrogens is 228 g/mol. The minimum absolute atomic E-state index is 0.0538. The summed E-state index contributed by atoms with van der Waals surface area (Å²) in [6.07, 6.45) is 0. The summed E-state index contributed by atoms with van der Waals surface area (Å²) in [4.78, 5) is 12.4. The molecule has 2 N–H and O–H groups in total. The van der Waals surface area contributed by atoms with E-state index in [0.29, 0.717) is 11.1 Å². The van der Waals surface area contributed by atoms with Crippen molar-refractivity contribution < 1.29 is 15.0 Å². The van der Waals surface area contributed by atoms with Gasteiger partial charge < -0.3 is 10.2 Å². The van der Waals surface area contributed by atoms with E-state index in [9.17, 15) is 15.0 Å². The lowest BCUT2D eigenvalue weighted by molar-refractivity contribution is 0.103. The van der Waals surface area contributed by atoms with Crippen molar-refractivity contribution in [2.45, 2.75) is 12.8 Å². The second kappa shape index (κ2) is 3.60. The van der Waals surface area contributed by atoms with Gasteiger partial charge in [0.25, 0.3) is 0 Å². The quantitative estimate of drug-likeness (QED) is 0.696. The Balaban J connectivity index is 2.37. The van der Waals surface area contributed by atoms with Gasteiger partial charge in [0.05, 0.1) is 5.56 Å². The summed E-state index contributed by atoms with van der Waals surface area (Å²) < 4.78 is 0. The number of hydrogen-bond acceptors (Lipinski definition) is 3. The number of carbonyl (C=O) groups excluding carboxylic acids is 1. The van der Waals surface area contributed by atoms with Crippen LogP contribution in [-0.4, -0.2) is 16.0 Å². The van der Waals surface area contributed by atoms with E-state index in [0.717, 1.165) is 5.56 Å². The normalized spacial score (nSPS) is 17.2. The molecule has 2 aromatic rings. The van der Waals surface area contributed by atoms with Crippen molar-refractivity contribution >= 4 is 5.78 Å². The fourth-order valence-corrected chi connectivity index (χ4v) is 2.65. The predicted molar refractivity (Wildman–Crippen MR) is 67.2 cm³/mol. The van der Waals surface area contributed by atoms with E-state index in [-0.39, 0.29) is 28.8 Å². The Kier molecular flexibility index (Phi) is 2.17. The Hall–Kier alpha value is -2.29. The Morgan fingerprint density at radius 3 is 2.44 bits per heavy atom. The molecule has 0 saturated carbocycles. The molecule has 0 unspecified atom stereocenters. The first-order chi connectivity index (χ1) is 8.61. The maximum absolute atomic E-state index is 12.4. The Morgan fingerprint density at radius 2 is 1.67 bits per heavy atom. The Morgan fingerprint density at radius 1 is 1.00 bits per heavy atom. The van der Waals surface area contributed by atoms with Gasteiger partial charge in [-0.2, -0.15) is 0 Å². The number of ketones is 1. The van der Waals surface area contributed by atoms with Gasteiger partial charge in [0.15, 0.2) is 5.78 Å². The lowest BCUT2D eigenvalue weighted by atomic mass is 9.77. The largest absolute Gasteiger partial charge is 0.508 e. The molecule has 3 nitrogen and oxygen atoms in total. The van der Waals surface area contributed by atoms with Crippen molar-refractivity contribution in [2.24, 2.45) is 0 Å². The van der Waals surface area contributed by atoms with E-state index in [2.05, 4.69) is 0 Å². The molecule has 90 valence electrons. The van der Waals surface area contributed by atoms with Crippen LogP contribution in [0.4, 0.5) is 0 Å². The van der Waals surface area contributed by atoms with E-state index in [1.807, 2.05) is 19.1 Å². The van der Waals surface area contributed by atoms with Gasteiger partial charge in [-0.05, 0) is 17.7 Å². The first kappa shape index (κ1) is 10.8. The molecule has 3 rings (SSSR count). The highest BCUT2D eigenvalue weighted by Gasteiger charge is 2.32. The fourth-order valence-electron chi connectivity index (χ4n) is 2.65. The van der Waals surface area contributed by atoms with Gasteiger partial charge in [0.1, 0.15) is 11.5 Å². The second-order valence-electron chi connectivity index (χ2n) is 4.53. The van der Waals surface area contributed by atoms with Crippen LogP contribution in [0.2, 0.25) is 0 Å². The molecule has 0 radical (unpaired) electrons. The highest BCUT2D eigenvalue weighted by Crippen LogP contribution is 2.43. The molecule has 0 heterocycles. The van der Waals surface area contributed by atoms with Crippen LogP contribution in [-0.2, 0) is 0 Å². The van der Waals surface area contributed by atoms with Gasteiger partial charge in [-0.1, -0.05) is 31.2 Å². The van der Waals surface area contributed by atoms with Gasteiger partial charge in [-0.3, -0.25) is 4.79 Å². The second-order valence-corrected chi connectivity index (χ2v) is 4.53. The number of fused-ring (bicyclic) bond motifs is 2. The van der Waals surface area contributed by atoms with E-state index in [1.165, 1.54) is 12.1 Å². The van der Waals surface area contributed by atoms with Gasteiger partial charge in [0.2, 0.25) is 0 Å². The summed E-state index contributed by atoms with van der Waals surface area (Å²) >= 11 is 0. The smallest absolute Gasteiger partial charge is 0.197 e. The number of aromatic hydroxyl groups is 2.